The van der Waals surface area contributed by atoms with Gasteiger partial charge in [-0.25, -0.2) is 9.86 Å². The highest BCUT2D eigenvalue weighted by atomic mass is 16.6. The molecule has 0 aromatic rings. The fraction of sp³-hybridized carbons (Fsp3) is 0.833. The van der Waals surface area contributed by atoms with Crippen LogP contribution in [-0.4, -0.2) is 54.2 Å². The maximum atomic E-state index is 11.6. The number of hydroxylamine groups is 2. The number of methoxy groups -OCH3 is 1. The lowest BCUT2D eigenvalue weighted by Crippen LogP contribution is -2.41. The van der Waals surface area contributed by atoms with Gasteiger partial charge in [0.2, 0.25) is 5.91 Å². The number of hydrogen-bond donors (Lipinski definition) is 2. The molecule has 0 bridgehead atoms. The van der Waals surface area contributed by atoms with E-state index in [2.05, 4.69) is 5.32 Å². The van der Waals surface area contributed by atoms with Crippen molar-refractivity contribution in [2.75, 3.05) is 20.3 Å². The fourth-order valence-electron chi connectivity index (χ4n) is 1.23. The zero-order valence-corrected chi connectivity index (χ0v) is 12.2. The average Bonchev–Trinajstić information content (AvgIpc) is 2.22. The largest absolute Gasteiger partial charge is 0.444 e. The summed E-state index contributed by atoms with van der Waals surface area (Å²) >= 11 is 0. The van der Waals surface area contributed by atoms with Crippen LogP contribution < -0.4 is 5.32 Å². The molecule has 0 aliphatic rings. The van der Waals surface area contributed by atoms with E-state index < -0.39 is 23.6 Å². The highest BCUT2D eigenvalue weighted by molar-refractivity contribution is 5.76. The van der Waals surface area contributed by atoms with Gasteiger partial charge in [0.1, 0.15) is 5.60 Å². The normalized spacial score (nSPS) is 12.7. The molecule has 0 aliphatic heterocycles. The zero-order valence-electron chi connectivity index (χ0n) is 12.2. The molecule has 0 aliphatic carbocycles. The first-order valence-corrected chi connectivity index (χ1v) is 6.13. The van der Waals surface area contributed by atoms with Crippen LogP contribution in [0.5, 0.6) is 0 Å². The minimum atomic E-state index is -0.589. The smallest absolute Gasteiger partial charge is 0.407 e. The topological polar surface area (TPSA) is 88.1 Å². The van der Waals surface area contributed by atoms with Crippen LogP contribution in [0.2, 0.25) is 0 Å². The third-order valence-electron chi connectivity index (χ3n) is 2.04. The van der Waals surface area contributed by atoms with Crippen LogP contribution in [0, 0.1) is 0 Å². The molecule has 0 saturated carbocycles. The van der Waals surface area contributed by atoms with E-state index >= 15 is 0 Å². The van der Waals surface area contributed by atoms with E-state index in [4.69, 9.17) is 9.47 Å². The predicted molar refractivity (Wildman–Crippen MR) is 68.8 cm³/mol. The van der Waals surface area contributed by atoms with Gasteiger partial charge in [0.25, 0.3) is 0 Å². The van der Waals surface area contributed by atoms with E-state index in [-0.39, 0.29) is 19.6 Å². The molecule has 0 saturated heterocycles. The Hall–Kier alpha value is -1.34. The fourth-order valence-corrected chi connectivity index (χ4v) is 1.23. The Balaban J connectivity index is 4.06. The van der Waals surface area contributed by atoms with Gasteiger partial charge >= 0.3 is 6.09 Å². The van der Waals surface area contributed by atoms with Gasteiger partial charge < -0.3 is 14.8 Å². The second-order valence-electron chi connectivity index (χ2n) is 5.26. The summed E-state index contributed by atoms with van der Waals surface area (Å²) < 4.78 is 9.80. The summed E-state index contributed by atoms with van der Waals surface area (Å²) in [5.41, 5.74) is -0.588. The van der Waals surface area contributed by atoms with Crippen molar-refractivity contribution in [3.05, 3.63) is 0 Å². The average molecular weight is 276 g/mol. The van der Waals surface area contributed by atoms with Gasteiger partial charge in [-0.1, -0.05) is 0 Å². The number of nitrogens with one attached hydrogen (secondary N) is 1. The van der Waals surface area contributed by atoms with E-state index in [1.54, 1.807) is 27.7 Å². The molecule has 0 fully saturated rings. The van der Waals surface area contributed by atoms with Crippen LogP contribution >= 0.6 is 0 Å². The SMILES string of the molecule is COCCN(O)C(=O)CC(C)NC(=O)OC(C)(C)C. The Morgan fingerprint density at radius 2 is 1.95 bits per heavy atom. The molecular formula is C12H24N2O5. The number of ether oxygens (including phenoxy) is 2. The van der Waals surface area contributed by atoms with Gasteiger partial charge in [0, 0.05) is 19.6 Å². The summed E-state index contributed by atoms with van der Waals surface area (Å²) in [6, 6.07) is -0.431. The summed E-state index contributed by atoms with van der Waals surface area (Å²) in [5, 5.41) is 12.5. The Kier molecular flexibility index (Phi) is 7.40. The molecule has 2 N–H and O–H groups in total. The van der Waals surface area contributed by atoms with Crippen molar-refractivity contribution in [1.82, 2.24) is 10.4 Å². The lowest BCUT2D eigenvalue weighted by molar-refractivity contribution is -0.167. The van der Waals surface area contributed by atoms with Crippen LogP contribution in [0.1, 0.15) is 34.1 Å². The lowest BCUT2D eigenvalue weighted by atomic mass is 10.2. The highest BCUT2D eigenvalue weighted by Gasteiger charge is 2.20. The van der Waals surface area contributed by atoms with Crippen molar-refractivity contribution in [3.8, 4) is 0 Å². The quantitative estimate of drug-likeness (QED) is 0.561. The highest BCUT2D eigenvalue weighted by Crippen LogP contribution is 2.07. The van der Waals surface area contributed by atoms with Gasteiger partial charge in [0.15, 0.2) is 0 Å². The van der Waals surface area contributed by atoms with E-state index in [0.29, 0.717) is 5.06 Å². The summed E-state index contributed by atoms with van der Waals surface area (Å²) in [4.78, 5) is 23.0. The maximum Gasteiger partial charge on any atom is 0.407 e. The van der Waals surface area contributed by atoms with E-state index in [1.165, 1.54) is 7.11 Å². The molecule has 112 valence electrons. The first-order valence-electron chi connectivity index (χ1n) is 6.13. The Morgan fingerprint density at radius 3 is 2.42 bits per heavy atom. The Labute approximate surface area is 113 Å². The van der Waals surface area contributed by atoms with Crippen LogP contribution in [-0.2, 0) is 14.3 Å². The molecule has 2 amide bonds. The van der Waals surface area contributed by atoms with Crippen molar-refractivity contribution in [2.24, 2.45) is 0 Å². The van der Waals surface area contributed by atoms with Crippen LogP contribution in [0.15, 0.2) is 0 Å². The number of hydrogen-bond acceptors (Lipinski definition) is 5. The molecule has 0 radical (unpaired) electrons. The third-order valence-corrected chi connectivity index (χ3v) is 2.04. The van der Waals surface area contributed by atoms with Crippen LogP contribution in [0.25, 0.3) is 0 Å². The van der Waals surface area contributed by atoms with Gasteiger partial charge in [-0.05, 0) is 27.7 Å². The van der Waals surface area contributed by atoms with Crippen molar-refractivity contribution in [1.29, 1.82) is 0 Å². The number of carbonyl (C=O) groups excluding carboxylic acids is 2. The number of amides is 2. The number of rotatable bonds is 6. The lowest BCUT2D eigenvalue weighted by Gasteiger charge is -2.22. The van der Waals surface area contributed by atoms with Crippen molar-refractivity contribution in [3.63, 3.8) is 0 Å². The third kappa shape index (κ3) is 9.26. The Bertz CT molecular complexity index is 301. The minimum Gasteiger partial charge on any atom is -0.444 e. The molecule has 0 spiro atoms. The maximum absolute atomic E-state index is 11.6. The predicted octanol–water partition coefficient (Wildman–Crippen LogP) is 1.15. The number of nitrogens with zero attached hydrogens (tertiary/aromatic N) is 1. The summed E-state index contributed by atoms with van der Waals surface area (Å²) in [5.74, 6) is -0.486. The van der Waals surface area contributed by atoms with E-state index in [0.717, 1.165) is 0 Å². The van der Waals surface area contributed by atoms with Crippen molar-refractivity contribution in [2.45, 2.75) is 45.8 Å². The standard InChI is InChI=1S/C12H24N2O5/c1-9(13-11(16)19-12(2,3)4)8-10(15)14(17)6-7-18-5/h9,17H,6-8H2,1-5H3,(H,13,16). The van der Waals surface area contributed by atoms with Crippen LogP contribution in [0.3, 0.4) is 0 Å². The molecule has 1 unspecified atom stereocenters. The molecule has 19 heavy (non-hydrogen) atoms. The molecular weight excluding hydrogens is 252 g/mol. The van der Waals surface area contributed by atoms with Crippen molar-refractivity contribution >= 4 is 12.0 Å². The summed E-state index contributed by atoms with van der Waals surface area (Å²) in [6.07, 6.45) is -0.603. The number of alkyl carbamates (subject to hydrolysis) is 1. The monoisotopic (exact) mass is 276 g/mol. The molecule has 7 heteroatoms. The first kappa shape index (κ1) is 17.7. The second-order valence-corrected chi connectivity index (χ2v) is 5.26. The van der Waals surface area contributed by atoms with Gasteiger partial charge in [0.05, 0.1) is 13.2 Å². The molecule has 0 rings (SSSR count). The summed E-state index contributed by atoms with van der Waals surface area (Å²) in [7, 11) is 1.48. The zero-order chi connectivity index (χ0) is 15.1. The molecule has 1 atom stereocenters. The number of carbonyl (C=O) groups is 2. The van der Waals surface area contributed by atoms with Crippen LogP contribution in [0.4, 0.5) is 4.79 Å². The molecule has 0 heterocycles. The van der Waals surface area contributed by atoms with E-state index in [1.807, 2.05) is 0 Å². The first-order chi connectivity index (χ1) is 8.65. The summed E-state index contributed by atoms with van der Waals surface area (Å²) in [6.45, 7) is 7.25. The molecule has 0 aromatic carbocycles. The van der Waals surface area contributed by atoms with E-state index in [9.17, 15) is 14.8 Å². The van der Waals surface area contributed by atoms with Crippen molar-refractivity contribution < 1.29 is 24.3 Å². The van der Waals surface area contributed by atoms with Gasteiger partial charge in [-0.15, -0.1) is 0 Å². The minimum absolute atomic E-state index is 0.0144. The molecule has 0 aromatic heterocycles. The van der Waals surface area contributed by atoms with Gasteiger partial charge in [-0.2, -0.15) is 0 Å². The molecule has 7 nitrogen and oxygen atoms in total. The second kappa shape index (κ2) is 7.96. The Morgan fingerprint density at radius 1 is 1.37 bits per heavy atom. The van der Waals surface area contributed by atoms with Gasteiger partial charge in [-0.3, -0.25) is 10.0 Å².